The summed E-state index contributed by atoms with van der Waals surface area (Å²) in [5, 5.41) is 1.21. The van der Waals surface area contributed by atoms with Crippen LogP contribution in [0.5, 0.6) is 0 Å². The molecule has 0 radical (unpaired) electrons. The second-order valence-corrected chi connectivity index (χ2v) is 4.35. The number of hydrogen-bond donors (Lipinski definition) is 1. The van der Waals surface area contributed by atoms with Crippen molar-refractivity contribution in [3.05, 3.63) is 60.9 Å². The molecule has 4 rings (SSSR count). The molecule has 0 saturated heterocycles. The highest BCUT2D eigenvalue weighted by Gasteiger charge is 2.06. The van der Waals surface area contributed by atoms with Crippen LogP contribution in [0.15, 0.2) is 60.9 Å². The number of nitrogens with one attached hydrogen (secondary N) is 1. The molecule has 0 saturated carbocycles. The maximum Gasteiger partial charge on any atom is 0.116 e. The SMILES string of the molecule is c1ccc2[nH]c(-n3cnc4ccccc43)cc2c1. The van der Waals surface area contributed by atoms with E-state index in [0.29, 0.717) is 0 Å². The average Bonchev–Trinajstić information content (AvgIpc) is 3.02. The van der Waals surface area contributed by atoms with E-state index in [2.05, 4.69) is 38.8 Å². The Morgan fingerprint density at radius 2 is 1.78 bits per heavy atom. The van der Waals surface area contributed by atoms with Crippen molar-refractivity contribution in [1.29, 1.82) is 0 Å². The third kappa shape index (κ3) is 1.27. The number of para-hydroxylation sites is 3. The molecular weight excluding hydrogens is 222 g/mol. The number of nitrogens with zero attached hydrogens (tertiary/aromatic N) is 2. The topological polar surface area (TPSA) is 33.6 Å². The molecular formula is C15H11N3. The van der Waals surface area contributed by atoms with Crippen LogP contribution in [0.1, 0.15) is 0 Å². The fourth-order valence-corrected chi connectivity index (χ4v) is 2.34. The first-order chi connectivity index (χ1) is 8.92. The highest BCUT2D eigenvalue weighted by Crippen LogP contribution is 2.21. The first kappa shape index (κ1) is 9.48. The van der Waals surface area contributed by atoms with E-state index in [4.69, 9.17) is 0 Å². The summed E-state index contributed by atoms with van der Waals surface area (Å²) in [6.07, 6.45) is 1.86. The molecule has 0 aliphatic carbocycles. The van der Waals surface area contributed by atoms with E-state index in [0.717, 1.165) is 22.4 Å². The standard InChI is InChI=1S/C15H11N3/c1-2-6-12-11(5-1)9-15(17-12)18-10-16-13-7-3-4-8-14(13)18/h1-10,17H. The van der Waals surface area contributed by atoms with Gasteiger partial charge >= 0.3 is 0 Å². The summed E-state index contributed by atoms with van der Waals surface area (Å²) in [6, 6.07) is 18.5. The van der Waals surface area contributed by atoms with Crippen LogP contribution in [0.3, 0.4) is 0 Å². The van der Waals surface area contributed by atoms with Gasteiger partial charge in [0.25, 0.3) is 0 Å². The molecule has 0 fully saturated rings. The van der Waals surface area contributed by atoms with Gasteiger partial charge in [-0.3, -0.25) is 4.57 Å². The lowest BCUT2D eigenvalue weighted by Crippen LogP contribution is -1.90. The maximum atomic E-state index is 4.41. The van der Waals surface area contributed by atoms with Crippen LogP contribution < -0.4 is 0 Å². The summed E-state index contributed by atoms with van der Waals surface area (Å²) in [4.78, 5) is 7.82. The van der Waals surface area contributed by atoms with E-state index in [9.17, 15) is 0 Å². The Kier molecular flexibility index (Phi) is 1.83. The van der Waals surface area contributed by atoms with Gasteiger partial charge in [-0.25, -0.2) is 4.98 Å². The van der Waals surface area contributed by atoms with Gasteiger partial charge in [-0.2, -0.15) is 0 Å². The Bertz CT molecular complexity index is 806. The van der Waals surface area contributed by atoms with E-state index < -0.39 is 0 Å². The van der Waals surface area contributed by atoms with Crippen molar-refractivity contribution in [1.82, 2.24) is 14.5 Å². The zero-order chi connectivity index (χ0) is 11.9. The van der Waals surface area contributed by atoms with Gasteiger partial charge in [0.15, 0.2) is 0 Å². The molecule has 2 aromatic carbocycles. The van der Waals surface area contributed by atoms with Gasteiger partial charge in [-0.15, -0.1) is 0 Å². The zero-order valence-corrected chi connectivity index (χ0v) is 9.67. The van der Waals surface area contributed by atoms with Crippen molar-refractivity contribution in [2.75, 3.05) is 0 Å². The van der Waals surface area contributed by atoms with E-state index in [1.54, 1.807) is 0 Å². The summed E-state index contributed by atoms with van der Waals surface area (Å²) < 4.78 is 2.08. The quantitative estimate of drug-likeness (QED) is 0.536. The third-order valence-corrected chi connectivity index (χ3v) is 3.23. The molecule has 0 unspecified atom stereocenters. The van der Waals surface area contributed by atoms with E-state index in [1.807, 2.05) is 36.7 Å². The second-order valence-electron chi connectivity index (χ2n) is 4.35. The lowest BCUT2D eigenvalue weighted by atomic mass is 10.2. The molecule has 3 nitrogen and oxygen atoms in total. The summed E-state index contributed by atoms with van der Waals surface area (Å²) >= 11 is 0. The van der Waals surface area contributed by atoms with Gasteiger partial charge in [0.05, 0.1) is 11.0 Å². The maximum absolute atomic E-state index is 4.41. The smallest absolute Gasteiger partial charge is 0.116 e. The molecule has 1 N–H and O–H groups in total. The van der Waals surface area contributed by atoms with Crippen LogP contribution in [0, 0.1) is 0 Å². The van der Waals surface area contributed by atoms with E-state index in [1.165, 1.54) is 5.39 Å². The van der Waals surface area contributed by atoms with Crippen LogP contribution >= 0.6 is 0 Å². The van der Waals surface area contributed by atoms with Gasteiger partial charge in [0.1, 0.15) is 12.1 Å². The number of hydrogen-bond acceptors (Lipinski definition) is 1. The summed E-state index contributed by atoms with van der Waals surface area (Å²) in [5.41, 5.74) is 3.27. The minimum atomic E-state index is 1.01. The van der Waals surface area contributed by atoms with Crippen molar-refractivity contribution < 1.29 is 0 Å². The monoisotopic (exact) mass is 233 g/mol. The lowest BCUT2D eigenvalue weighted by Gasteiger charge is -1.99. The largest absolute Gasteiger partial charge is 0.341 e. The molecule has 0 atom stereocenters. The number of fused-ring (bicyclic) bond motifs is 2. The zero-order valence-electron chi connectivity index (χ0n) is 9.67. The van der Waals surface area contributed by atoms with Crippen molar-refractivity contribution in [3.63, 3.8) is 0 Å². The predicted molar refractivity (Wildman–Crippen MR) is 72.9 cm³/mol. The fraction of sp³-hybridized carbons (Fsp3) is 0. The minimum absolute atomic E-state index is 1.01. The first-order valence-corrected chi connectivity index (χ1v) is 5.92. The number of aromatic amines is 1. The first-order valence-electron chi connectivity index (χ1n) is 5.92. The van der Waals surface area contributed by atoms with Gasteiger partial charge in [-0.05, 0) is 24.3 Å². The Balaban J connectivity index is 2.01. The van der Waals surface area contributed by atoms with Crippen molar-refractivity contribution in [3.8, 4) is 5.82 Å². The molecule has 2 aromatic heterocycles. The Hall–Kier alpha value is -2.55. The molecule has 18 heavy (non-hydrogen) atoms. The molecule has 0 amide bonds. The number of benzene rings is 2. The van der Waals surface area contributed by atoms with Crippen LogP contribution in [0.4, 0.5) is 0 Å². The lowest BCUT2D eigenvalue weighted by molar-refractivity contribution is 1.05. The summed E-state index contributed by atoms with van der Waals surface area (Å²) in [5.74, 6) is 1.05. The third-order valence-electron chi connectivity index (χ3n) is 3.23. The van der Waals surface area contributed by atoms with Crippen LogP contribution in [-0.4, -0.2) is 14.5 Å². The molecule has 4 aromatic rings. The molecule has 86 valence electrons. The fourth-order valence-electron chi connectivity index (χ4n) is 2.34. The highest BCUT2D eigenvalue weighted by molar-refractivity contribution is 5.84. The number of H-pyrrole nitrogens is 1. The summed E-state index contributed by atoms with van der Waals surface area (Å²) in [7, 11) is 0. The Morgan fingerprint density at radius 3 is 2.72 bits per heavy atom. The average molecular weight is 233 g/mol. The van der Waals surface area contributed by atoms with E-state index >= 15 is 0 Å². The molecule has 2 heterocycles. The Morgan fingerprint density at radius 1 is 0.944 bits per heavy atom. The van der Waals surface area contributed by atoms with E-state index in [-0.39, 0.29) is 0 Å². The van der Waals surface area contributed by atoms with Gasteiger partial charge in [0.2, 0.25) is 0 Å². The van der Waals surface area contributed by atoms with Crippen LogP contribution in [-0.2, 0) is 0 Å². The second kappa shape index (κ2) is 3.47. The molecule has 3 heteroatoms. The normalized spacial score (nSPS) is 11.3. The van der Waals surface area contributed by atoms with Gasteiger partial charge in [0, 0.05) is 10.9 Å². The molecule has 0 bridgehead atoms. The van der Waals surface area contributed by atoms with Crippen molar-refractivity contribution >= 4 is 21.9 Å². The summed E-state index contributed by atoms with van der Waals surface area (Å²) in [6.45, 7) is 0. The number of rotatable bonds is 1. The Labute approximate surface area is 104 Å². The predicted octanol–water partition coefficient (Wildman–Crippen LogP) is 3.51. The molecule has 0 spiro atoms. The molecule has 0 aliphatic heterocycles. The number of imidazole rings is 1. The number of aromatic nitrogens is 3. The van der Waals surface area contributed by atoms with Crippen molar-refractivity contribution in [2.45, 2.75) is 0 Å². The van der Waals surface area contributed by atoms with Crippen molar-refractivity contribution in [2.24, 2.45) is 0 Å². The van der Waals surface area contributed by atoms with Crippen LogP contribution in [0.25, 0.3) is 27.8 Å². The molecule has 0 aliphatic rings. The van der Waals surface area contributed by atoms with Gasteiger partial charge in [-0.1, -0.05) is 30.3 Å². The van der Waals surface area contributed by atoms with Gasteiger partial charge < -0.3 is 4.98 Å². The highest BCUT2D eigenvalue weighted by atomic mass is 15.1. The van der Waals surface area contributed by atoms with Crippen LogP contribution in [0.2, 0.25) is 0 Å². The minimum Gasteiger partial charge on any atom is -0.341 e.